The summed E-state index contributed by atoms with van der Waals surface area (Å²) < 4.78 is 75.5. The quantitative estimate of drug-likeness (QED) is 0.446. The predicted molar refractivity (Wildman–Crippen MR) is 131 cm³/mol. The van der Waals surface area contributed by atoms with Gasteiger partial charge in [-0.3, -0.25) is 4.98 Å². The van der Waals surface area contributed by atoms with Crippen molar-refractivity contribution in [3.63, 3.8) is 0 Å². The van der Waals surface area contributed by atoms with Crippen LogP contribution in [0.2, 0.25) is 0 Å². The van der Waals surface area contributed by atoms with Crippen molar-refractivity contribution in [1.82, 2.24) is 9.88 Å². The molecule has 3 aromatic rings. The number of piperazine rings is 1. The molecule has 37 heavy (non-hydrogen) atoms. The number of halogens is 3. The van der Waals surface area contributed by atoms with Crippen LogP contribution in [0.25, 0.3) is 10.9 Å². The van der Waals surface area contributed by atoms with Gasteiger partial charge in [0.25, 0.3) is 0 Å². The summed E-state index contributed by atoms with van der Waals surface area (Å²) in [6.07, 6.45) is -3.44. The Labute approximate surface area is 212 Å². The molecule has 0 N–H and O–H groups in total. The molecular weight excluding hydrogens is 511 g/mol. The highest BCUT2D eigenvalue weighted by Gasteiger charge is 2.33. The van der Waals surface area contributed by atoms with Crippen LogP contribution in [0.4, 0.5) is 23.7 Å². The van der Waals surface area contributed by atoms with E-state index in [1.165, 1.54) is 29.3 Å². The maximum Gasteiger partial charge on any atom is 0.573 e. The average Bonchev–Trinajstić information content (AvgIpc) is 2.87. The number of fused-ring (bicyclic) bond motifs is 1. The first-order valence-corrected chi connectivity index (χ1v) is 13.2. The smallest absolute Gasteiger partial charge is 0.450 e. The third-order valence-corrected chi connectivity index (χ3v) is 7.83. The van der Waals surface area contributed by atoms with Gasteiger partial charge >= 0.3 is 12.5 Å². The zero-order valence-electron chi connectivity index (χ0n) is 20.3. The fourth-order valence-electron chi connectivity index (χ4n) is 4.22. The molecular formula is C25H26F3N3O5S. The number of aryl methyl sites for hydroxylation is 1. The Morgan fingerprint density at radius 3 is 2.30 bits per heavy atom. The number of nitrogens with zero attached hydrogens (tertiary/aromatic N) is 3. The number of amides is 1. The summed E-state index contributed by atoms with van der Waals surface area (Å²) in [5.41, 5.74) is 1.47. The molecule has 198 valence electrons. The van der Waals surface area contributed by atoms with Gasteiger partial charge in [-0.05, 0) is 49.2 Å². The van der Waals surface area contributed by atoms with Crippen molar-refractivity contribution in [3.05, 3.63) is 54.2 Å². The zero-order valence-corrected chi connectivity index (χ0v) is 21.1. The number of alkyl halides is 3. The molecule has 1 amide bonds. The van der Waals surface area contributed by atoms with E-state index >= 15 is 0 Å². The summed E-state index contributed by atoms with van der Waals surface area (Å²) in [5, 5.41) is 0.192. The van der Waals surface area contributed by atoms with E-state index in [0.29, 0.717) is 5.52 Å². The molecule has 8 nitrogen and oxygen atoms in total. The third kappa shape index (κ3) is 5.74. The highest BCUT2D eigenvalue weighted by molar-refractivity contribution is 7.91. The maximum atomic E-state index is 13.7. The largest absolute Gasteiger partial charge is 0.573 e. The molecule has 0 spiro atoms. The molecule has 0 bridgehead atoms. The fourth-order valence-corrected chi connectivity index (χ4v) is 5.65. The lowest BCUT2D eigenvalue weighted by Crippen LogP contribution is -2.49. The molecule has 0 saturated carbocycles. The normalized spacial score (nSPS) is 14.6. The molecule has 1 aromatic heterocycles. The number of aromatic nitrogens is 1. The molecule has 1 aliphatic heterocycles. The van der Waals surface area contributed by atoms with Crippen molar-refractivity contribution in [3.8, 4) is 5.75 Å². The number of carbonyl (C=O) groups excluding carboxylic acids is 1. The predicted octanol–water partition coefficient (Wildman–Crippen LogP) is 4.81. The molecule has 1 aliphatic rings. The van der Waals surface area contributed by atoms with E-state index < -0.39 is 28.0 Å². The zero-order chi connectivity index (χ0) is 26.8. The molecule has 2 aromatic carbocycles. The SMILES string of the molecule is CCOC(=O)N1CCN(c2c(S(=O)(=O)c3ccc(CC)cc3)cnc3ccc(OC(F)(F)F)cc23)CC1. The Kier molecular flexibility index (Phi) is 7.49. The van der Waals surface area contributed by atoms with Crippen LogP contribution >= 0.6 is 0 Å². The molecule has 0 unspecified atom stereocenters. The maximum absolute atomic E-state index is 13.7. The Hall–Kier alpha value is -3.54. The van der Waals surface area contributed by atoms with Crippen LogP contribution in [0, 0.1) is 0 Å². The highest BCUT2D eigenvalue weighted by atomic mass is 32.2. The molecule has 12 heteroatoms. The van der Waals surface area contributed by atoms with E-state index in [4.69, 9.17) is 4.74 Å². The van der Waals surface area contributed by atoms with Gasteiger partial charge in [-0.25, -0.2) is 13.2 Å². The van der Waals surface area contributed by atoms with Gasteiger partial charge in [-0.1, -0.05) is 19.1 Å². The van der Waals surface area contributed by atoms with Gasteiger partial charge in [0, 0.05) is 37.8 Å². The molecule has 1 saturated heterocycles. The number of pyridine rings is 1. The summed E-state index contributed by atoms with van der Waals surface area (Å²) in [5.74, 6) is -0.491. The van der Waals surface area contributed by atoms with Gasteiger partial charge in [0.2, 0.25) is 9.84 Å². The first-order chi connectivity index (χ1) is 17.5. The van der Waals surface area contributed by atoms with E-state index in [0.717, 1.165) is 24.1 Å². The highest BCUT2D eigenvalue weighted by Crippen LogP contribution is 2.38. The topological polar surface area (TPSA) is 89.0 Å². The molecule has 1 fully saturated rings. The van der Waals surface area contributed by atoms with E-state index in [-0.39, 0.29) is 53.7 Å². The van der Waals surface area contributed by atoms with Crippen molar-refractivity contribution in [1.29, 1.82) is 0 Å². The Balaban J connectivity index is 1.83. The Bertz CT molecular complexity index is 1390. The number of benzene rings is 2. The summed E-state index contributed by atoms with van der Waals surface area (Å²) in [6.45, 7) is 4.82. The minimum Gasteiger partial charge on any atom is -0.450 e. The lowest BCUT2D eigenvalue weighted by atomic mass is 10.1. The molecule has 0 aliphatic carbocycles. The van der Waals surface area contributed by atoms with E-state index in [1.807, 2.05) is 6.92 Å². The first-order valence-electron chi connectivity index (χ1n) is 11.7. The van der Waals surface area contributed by atoms with Crippen molar-refractivity contribution in [2.75, 3.05) is 37.7 Å². The number of carbonyl (C=O) groups is 1. The molecule has 0 atom stereocenters. The van der Waals surface area contributed by atoms with Gasteiger partial charge < -0.3 is 19.3 Å². The lowest BCUT2D eigenvalue weighted by Gasteiger charge is -2.36. The van der Waals surface area contributed by atoms with Crippen LogP contribution < -0.4 is 9.64 Å². The second kappa shape index (κ2) is 10.4. The van der Waals surface area contributed by atoms with Crippen LogP contribution in [-0.4, -0.2) is 63.5 Å². The molecule has 2 heterocycles. The summed E-state index contributed by atoms with van der Waals surface area (Å²) in [4.78, 5) is 19.5. The van der Waals surface area contributed by atoms with Crippen molar-refractivity contribution >= 4 is 32.5 Å². The number of rotatable bonds is 6. The van der Waals surface area contributed by atoms with E-state index in [1.54, 1.807) is 24.0 Å². The van der Waals surface area contributed by atoms with Gasteiger partial charge in [-0.2, -0.15) is 0 Å². The van der Waals surface area contributed by atoms with Gasteiger partial charge in [-0.15, -0.1) is 13.2 Å². The summed E-state index contributed by atoms with van der Waals surface area (Å²) in [7, 11) is -4.09. The summed E-state index contributed by atoms with van der Waals surface area (Å²) >= 11 is 0. The second-order valence-electron chi connectivity index (χ2n) is 8.37. The first kappa shape index (κ1) is 26.5. The van der Waals surface area contributed by atoms with Crippen molar-refractivity contribution < 1.29 is 35.9 Å². The van der Waals surface area contributed by atoms with Crippen LogP contribution in [-0.2, 0) is 21.0 Å². The summed E-state index contributed by atoms with van der Waals surface area (Å²) in [6, 6.07) is 10.1. The van der Waals surface area contributed by atoms with E-state index in [2.05, 4.69) is 9.72 Å². The molecule has 0 radical (unpaired) electrons. The van der Waals surface area contributed by atoms with Gasteiger partial charge in [0.15, 0.2) is 0 Å². The number of anilines is 1. The van der Waals surface area contributed by atoms with Crippen LogP contribution in [0.3, 0.4) is 0 Å². The Morgan fingerprint density at radius 2 is 1.70 bits per heavy atom. The van der Waals surface area contributed by atoms with E-state index in [9.17, 15) is 26.4 Å². The molecule has 4 rings (SSSR count). The number of ether oxygens (including phenoxy) is 2. The van der Waals surface area contributed by atoms with Gasteiger partial charge in [0.05, 0.1) is 22.7 Å². The third-order valence-electron chi connectivity index (χ3n) is 6.06. The van der Waals surface area contributed by atoms with Crippen LogP contribution in [0.5, 0.6) is 5.75 Å². The van der Waals surface area contributed by atoms with Crippen LogP contribution in [0.1, 0.15) is 19.4 Å². The minimum absolute atomic E-state index is 0.0416. The average molecular weight is 538 g/mol. The Morgan fingerprint density at radius 1 is 1.03 bits per heavy atom. The number of sulfone groups is 1. The van der Waals surface area contributed by atoms with Crippen LogP contribution in [0.15, 0.2) is 58.5 Å². The van der Waals surface area contributed by atoms with Gasteiger partial charge in [0.1, 0.15) is 10.6 Å². The minimum atomic E-state index is -4.92. The fraction of sp³-hybridized carbons (Fsp3) is 0.360. The second-order valence-corrected chi connectivity index (χ2v) is 10.3. The monoisotopic (exact) mass is 537 g/mol. The number of hydrogen-bond acceptors (Lipinski definition) is 7. The van der Waals surface area contributed by atoms with Crippen molar-refractivity contribution in [2.45, 2.75) is 36.4 Å². The number of hydrogen-bond donors (Lipinski definition) is 0. The van der Waals surface area contributed by atoms with Crippen molar-refractivity contribution in [2.24, 2.45) is 0 Å². The lowest BCUT2D eigenvalue weighted by molar-refractivity contribution is -0.274. The standard InChI is InChI=1S/C25H26F3N3O5S/c1-3-17-5-8-19(9-6-17)37(33,34)22-16-29-21-10-7-18(36-25(26,27)28)15-20(21)23(22)30-11-13-31(14-12-30)24(32)35-4-2/h5-10,15-16H,3-4,11-14H2,1-2H3.